The molecule has 0 aliphatic heterocycles. The smallest absolute Gasteiger partial charge is 0.242 e. The summed E-state index contributed by atoms with van der Waals surface area (Å²) in [6.45, 7) is 1.76. The molecule has 0 saturated heterocycles. The van der Waals surface area contributed by atoms with Crippen LogP contribution in [0.4, 0.5) is 0 Å². The summed E-state index contributed by atoms with van der Waals surface area (Å²) < 4.78 is 0. The first kappa shape index (κ1) is 9.49. The summed E-state index contributed by atoms with van der Waals surface area (Å²) in [6.07, 6.45) is 2.08. The van der Waals surface area contributed by atoms with Gasteiger partial charge in [0.05, 0.1) is 5.41 Å². The lowest BCUT2D eigenvalue weighted by atomic mass is 10.1. The first-order chi connectivity index (χ1) is 6.53. The van der Waals surface area contributed by atoms with Gasteiger partial charge in [-0.2, -0.15) is 0 Å². The van der Waals surface area contributed by atoms with Crippen molar-refractivity contribution in [1.82, 2.24) is 10.2 Å². The third-order valence-corrected chi connectivity index (χ3v) is 3.64. The summed E-state index contributed by atoms with van der Waals surface area (Å²) in [7, 11) is 3.30. The van der Waals surface area contributed by atoms with Crippen LogP contribution in [0, 0.1) is 11.3 Å². The van der Waals surface area contributed by atoms with E-state index < -0.39 is 0 Å². The van der Waals surface area contributed by atoms with E-state index in [2.05, 4.69) is 5.32 Å². The highest BCUT2D eigenvalue weighted by atomic mass is 16.2. The van der Waals surface area contributed by atoms with Crippen LogP contribution in [0.5, 0.6) is 0 Å². The van der Waals surface area contributed by atoms with Gasteiger partial charge in [0.25, 0.3) is 0 Å². The molecule has 2 aliphatic rings. The molecule has 78 valence electrons. The van der Waals surface area contributed by atoms with Gasteiger partial charge in [0, 0.05) is 14.1 Å². The molecule has 0 unspecified atom stereocenters. The Kier molecular flexibility index (Phi) is 1.84. The van der Waals surface area contributed by atoms with E-state index in [0.717, 1.165) is 12.8 Å². The van der Waals surface area contributed by atoms with E-state index in [1.54, 1.807) is 25.9 Å². The molecule has 2 amide bonds. The number of likely N-dealkylation sites (N-methyl/N-ethyl adjacent to an activating group) is 2. The number of rotatable bonds is 3. The monoisotopic (exact) mass is 196 g/mol. The van der Waals surface area contributed by atoms with Crippen molar-refractivity contribution in [3.8, 4) is 0 Å². The third kappa shape index (κ3) is 1.13. The Bertz CT molecular complexity index is 294. The van der Waals surface area contributed by atoms with E-state index in [0.29, 0.717) is 5.92 Å². The van der Waals surface area contributed by atoms with Crippen molar-refractivity contribution in [2.24, 2.45) is 11.3 Å². The Morgan fingerprint density at radius 1 is 1.50 bits per heavy atom. The first-order valence-electron chi connectivity index (χ1n) is 5.02. The fraction of sp³-hybridized carbons (Fsp3) is 0.800. The number of carbonyl (C=O) groups is 2. The zero-order chi connectivity index (χ0) is 10.5. The van der Waals surface area contributed by atoms with Gasteiger partial charge in [-0.3, -0.25) is 9.59 Å². The number of nitrogens with one attached hydrogen (secondary N) is 1. The van der Waals surface area contributed by atoms with Crippen LogP contribution in [0.25, 0.3) is 0 Å². The average Bonchev–Trinajstić information content (AvgIpc) is 3.00. The summed E-state index contributed by atoms with van der Waals surface area (Å²) in [5.41, 5.74) is -0.0307. The molecule has 0 bridgehead atoms. The Hall–Kier alpha value is -1.06. The molecule has 0 aromatic heterocycles. The van der Waals surface area contributed by atoms with Crippen LogP contribution in [0.2, 0.25) is 0 Å². The number of hydrogen-bond donors (Lipinski definition) is 1. The molecule has 14 heavy (non-hydrogen) atoms. The Labute approximate surface area is 83.6 Å². The minimum Gasteiger partial charge on any atom is -0.357 e. The summed E-state index contributed by atoms with van der Waals surface area (Å²) in [5.74, 6) is 0.683. The van der Waals surface area contributed by atoms with Crippen molar-refractivity contribution in [3.63, 3.8) is 0 Å². The van der Waals surface area contributed by atoms with Gasteiger partial charge in [0.1, 0.15) is 6.04 Å². The van der Waals surface area contributed by atoms with Gasteiger partial charge in [0.2, 0.25) is 11.8 Å². The molecule has 2 saturated carbocycles. The second-order valence-electron chi connectivity index (χ2n) is 4.47. The zero-order valence-corrected chi connectivity index (χ0v) is 8.83. The van der Waals surface area contributed by atoms with Crippen molar-refractivity contribution in [2.45, 2.75) is 25.8 Å². The zero-order valence-electron chi connectivity index (χ0n) is 8.83. The van der Waals surface area contributed by atoms with Gasteiger partial charge in [-0.15, -0.1) is 0 Å². The fourth-order valence-electron chi connectivity index (χ4n) is 1.96. The Balaban J connectivity index is 1.97. The molecular weight excluding hydrogens is 180 g/mol. The molecular formula is C10H16N2O2. The number of nitrogens with zero attached hydrogens (tertiary/aromatic N) is 1. The molecule has 0 aromatic rings. The minimum absolute atomic E-state index is 0.0307. The second kappa shape index (κ2) is 2.72. The van der Waals surface area contributed by atoms with Gasteiger partial charge < -0.3 is 10.2 Å². The normalized spacial score (nSPS) is 34.1. The van der Waals surface area contributed by atoms with Gasteiger partial charge in [-0.25, -0.2) is 0 Å². The topological polar surface area (TPSA) is 49.4 Å². The minimum atomic E-state index is -0.358. The van der Waals surface area contributed by atoms with E-state index in [1.807, 2.05) is 0 Å². The lowest BCUT2D eigenvalue weighted by Gasteiger charge is -2.24. The predicted octanol–water partition coefficient (Wildman–Crippen LogP) is -0.0107. The van der Waals surface area contributed by atoms with Gasteiger partial charge in [0.15, 0.2) is 0 Å². The fourth-order valence-corrected chi connectivity index (χ4v) is 1.96. The molecule has 0 radical (unpaired) electrons. The SMILES string of the molecule is CNC(=O)[C@H](C)N(C)C(=O)C12CC1C2. The maximum Gasteiger partial charge on any atom is 0.242 e. The predicted molar refractivity (Wildman–Crippen MR) is 51.5 cm³/mol. The van der Waals surface area contributed by atoms with Gasteiger partial charge >= 0.3 is 0 Å². The van der Waals surface area contributed by atoms with Crippen molar-refractivity contribution in [2.75, 3.05) is 14.1 Å². The highest BCUT2D eigenvalue weighted by Gasteiger charge is 2.75. The van der Waals surface area contributed by atoms with Crippen LogP contribution in [0.1, 0.15) is 19.8 Å². The van der Waals surface area contributed by atoms with Gasteiger partial charge in [-0.05, 0) is 25.7 Å². The number of carbonyl (C=O) groups excluding carboxylic acids is 2. The second-order valence-corrected chi connectivity index (χ2v) is 4.47. The van der Waals surface area contributed by atoms with Crippen LogP contribution >= 0.6 is 0 Å². The van der Waals surface area contributed by atoms with Crippen molar-refractivity contribution in [1.29, 1.82) is 0 Å². The van der Waals surface area contributed by atoms with Crippen LogP contribution in [-0.2, 0) is 9.59 Å². The first-order valence-corrected chi connectivity index (χ1v) is 5.02. The third-order valence-electron chi connectivity index (χ3n) is 3.64. The average molecular weight is 196 g/mol. The molecule has 0 heterocycles. The molecule has 1 atom stereocenters. The molecule has 4 nitrogen and oxygen atoms in total. The Morgan fingerprint density at radius 3 is 2.36 bits per heavy atom. The molecule has 1 N–H and O–H groups in total. The van der Waals surface area contributed by atoms with Crippen LogP contribution in [0.3, 0.4) is 0 Å². The number of hydrogen-bond acceptors (Lipinski definition) is 2. The van der Waals surface area contributed by atoms with E-state index >= 15 is 0 Å². The summed E-state index contributed by atoms with van der Waals surface area (Å²) in [4.78, 5) is 24.8. The van der Waals surface area contributed by atoms with Crippen molar-refractivity contribution >= 4 is 11.8 Å². The Morgan fingerprint density at radius 2 is 2.00 bits per heavy atom. The molecule has 0 spiro atoms. The van der Waals surface area contributed by atoms with Gasteiger partial charge in [-0.1, -0.05) is 0 Å². The standard InChI is InChI=1S/C10H16N2O2/c1-6(8(13)11-2)12(3)9(14)10-4-7(10)5-10/h6-7H,4-5H2,1-3H3,(H,11,13)/t6-,7?,10?/m0/s1. The maximum atomic E-state index is 11.9. The van der Waals surface area contributed by atoms with E-state index in [1.165, 1.54) is 0 Å². The molecule has 2 aliphatic carbocycles. The van der Waals surface area contributed by atoms with Crippen molar-refractivity contribution < 1.29 is 9.59 Å². The van der Waals surface area contributed by atoms with Crippen molar-refractivity contribution in [3.05, 3.63) is 0 Å². The lowest BCUT2D eigenvalue weighted by Crippen LogP contribution is -2.46. The maximum absolute atomic E-state index is 11.9. The van der Waals surface area contributed by atoms with E-state index in [-0.39, 0.29) is 23.3 Å². The van der Waals surface area contributed by atoms with Crippen LogP contribution in [-0.4, -0.2) is 36.9 Å². The van der Waals surface area contributed by atoms with Crippen LogP contribution < -0.4 is 5.32 Å². The quantitative estimate of drug-likeness (QED) is 0.690. The molecule has 2 fully saturated rings. The lowest BCUT2D eigenvalue weighted by molar-refractivity contribution is -0.140. The summed E-state index contributed by atoms with van der Waals surface area (Å²) >= 11 is 0. The highest BCUT2D eigenvalue weighted by Crippen LogP contribution is 2.75. The summed E-state index contributed by atoms with van der Waals surface area (Å²) in [5, 5.41) is 2.55. The van der Waals surface area contributed by atoms with Crippen LogP contribution in [0.15, 0.2) is 0 Å². The van der Waals surface area contributed by atoms with E-state index in [9.17, 15) is 9.59 Å². The molecule has 0 aromatic carbocycles. The summed E-state index contributed by atoms with van der Waals surface area (Å²) in [6, 6.07) is -0.358. The van der Waals surface area contributed by atoms with E-state index in [4.69, 9.17) is 0 Å². The largest absolute Gasteiger partial charge is 0.357 e. The molecule has 2 rings (SSSR count). The molecule has 4 heteroatoms. The number of fused-ring (bicyclic) bond motifs is 1. The number of amides is 2. The highest BCUT2D eigenvalue weighted by molar-refractivity contribution is 5.93.